The molecule has 0 saturated carbocycles. The van der Waals surface area contributed by atoms with Crippen LogP contribution in [0.2, 0.25) is 0 Å². The Labute approximate surface area is 358 Å². The van der Waals surface area contributed by atoms with Crippen molar-refractivity contribution in [1.29, 1.82) is 0 Å². The summed E-state index contributed by atoms with van der Waals surface area (Å²) in [6, 6.07) is 0. The summed E-state index contributed by atoms with van der Waals surface area (Å²) < 4.78 is 34.4. The Morgan fingerprint density at radius 2 is 0.931 bits per heavy atom. The largest absolute Gasteiger partial charge is 0.472 e. The fourth-order valence-electron chi connectivity index (χ4n) is 6.69. The minimum atomic E-state index is -4.38. The number of phosphoric ester groups is 1. The van der Waals surface area contributed by atoms with Gasteiger partial charge in [-0.1, -0.05) is 186 Å². The van der Waals surface area contributed by atoms with Crippen LogP contribution in [0.15, 0.2) is 24.3 Å². The van der Waals surface area contributed by atoms with Crippen molar-refractivity contribution >= 4 is 19.8 Å². The Hall–Kier alpha value is -1.51. The molecule has 0 spiro atoms. The monoisotopic (exact) mass is 843 g/mol. The first kappa shape index (κ1) is 56.5. The van der Waals surface area contributed by atoms with Gasteiger partial charge in [-0.05, 0) is 44.9 Å². The molecule has 0 fully saturated rings. The van der Waals surface area contributed by atoms with Crippen LogP contribution in [0.3, 0.4) is 0 Å². The molecule has 0 heterocycles. The average molecular weight is 843 g/mol. The molecular weight excluding hydrogens is 750 g/mol. The van der Waals surface area contributed by atoms with Gasteiger partial charge in [-0.2, -0.15) is 0 Å². The van der Waals surface area contributed by atoms with Gasteiger partial charge in [-0.3, -0.25) is 18.6 Å². The molecule has 0 aromatic rings. The van der Waals surface area contributed by atoms with Crippen LogP contribution < -0.4 is 0 Å². The molecule has 0 aliphatic rings. The molecule has 0 radical (unpaired) electrons. The number of hydrogen-bond acceptors (Lipinski definition) is 7. The number of carbonyl (C=O) groups is 2. The van der Waals surface area contributed by atoms with E-state index < -0.39 is 26.5 Å². The van der Waals surface area contributed by atoms with Gasteiger partial charge in [-0.25, -0.2) is 4.57 Å². The molecule has 58 heavy (non-hydrogen) atoms. The fraction of sp³-hybridized carbons (Fsp3) is 0.875. The Morgan fingerprint density at radius 3 is 1.40 bits per heavy atom. The molecule has 0 saturated heterocycles. The summed E-state index contributed by atoms with van der Waals surface area (Å²) in [5, 5.41) is 0. The van der Waals surface area contributed by atoms with Gasteiger partial charge in [-0.15, -0.1) is 0 Å². The molecule has 2 unspecified atom stereocenters. The lowest BCUT2D eigenvalue weighted by Crippen LogP contribution is -2.37. The zero-order chi connectivity index (χ0) is 42.8. The van der Waals surface area contributed by atoms with E-state index >= 15 is 0 Å². The number of phosphoric acid groups is 1. The van der Waals surface area contributed by atoms with Gasteiger partial charge in [0, 0.05) is 12.8 Å². The Bertz CT molecular complexity index is 1040. The number of rotatable bonds is 44. The molecule has 0 aliphatic carbocycles. The van der Waals surface area contributed by atoms with E-state index in [1.807, 2.05) is 21.1 Å². The second kappa shape index (κ2) is 40.9. The average Bonchev–Trinajstić information content (AvgIpc) is 3.17. The summed E-state index contributed by atoms with van der Waals surface area (Å²) in [5.41, 5.74) is 0. The highest BCUT2D eigenvalue weighted by Gasteiger charge is 2.27. The van der Waals surface area contributed by atoms with Crippen molar-refractivity contribution in [2.45, 2.75) is 225 Å². The number of unbranched alkanes of at least 4 members (excludes halogenated alkanes) is 26. The van der Waals surface area contributed by atoms with Gasteiger partial charge in [0.2, 0.25) is 0 Å². The van der Waals surface area contributed by atoms with Gasteiger partial charge in [0.15, 0.2) is 6.10 Å². The van der Waals surface area contributed by atoms with Gasteiger partial charge >= 0.3 is 19.8 Å². The highest BCUT2D eigenvalue weighted by Crippen LogP contribution is 2.43. The summed E-state index contributed by atoms with van der Waals surface area (Å²) in [6.45, 7) is 4.42. The summed E-state index contributed by atoms with van der Waals surface area (Å²) >= 11 is 0. The first-order chi connectivity index (χ1) is 28.0. The number of allylic oxidation sites excluding steroid dienone is 4. The topological polar surface area (TPSA) is 108 Å². The maximum absolute atomic E-state index is 12.7. The molecule has 9 nitrogen and oxygen atoms in total. The molecule has 10 heteroatoms. The third-order valence-corrected chi connectivity index (χ3v) is 11.5. The highest BCUT2D eigenvalue weighted by molar-refractivity contribution is 7.47. The van der Waals surface area contributed by atoms with Gasteiger partial charge in [0.1, 0.15) is 19.8 Å². The molecule has 0 aliphatic heterocycles. The molecule has 1 N–H and O–H groups in total. The number of likely N-dealkylation sites (N-methyl/N-ethyl adjacent to an activating group) is 1. The summed E-state index contributed by atoms with van der Waals surface area (Å²) in [5.74, 6) is -0.797. The zero-order valence-corrected chi connectivity index (χ0v) is 39.4. The van der Waals surface area contributed by atoms with Crippen LogP contribution in [0, 0.1) is 0 Å². The first-order valence-electron chi connectivity index (χ1n) is 24.1. The maximum atomic E-state index is 12.7. The molecule has 0 aromatic heterocycles. The van der Waals surface area contributed by atoms with E-state index in [0.717, 1.165) is 51.4 Å². The first-order valence-corrected chi connectivity index (χ1v) is 25.6. The lowest BCUT2D eigenvalue weighted by atomic mass is 10.0. The van der Waals surface area contributed by atoms with Crippen molar-refractivity contribution in [3.8, 4) is 0 Å². The van der Waals surface area contributed by atoms with E-state index in [9.17, 15) is 19.0 Å². The summed E-state index contributed by atoms with van der Waals surface area (Å²) in [7, 11) is 1.48. The van der Waals surface area contributed by atoms with Crippen LogP contribution in [0.4, 0.5) is 0 Å². The van der Waals surface area contributed by atoms with Crippen LogP contribution in [-0.4, -0.2) is 74.9 Å². The maximum Gasteiger partial charge on any atom is 0.472 e. The van der Waals surface area contributed by atoms with Crippen LogP contribution in [0.25, 0.3) is 0 Å². The third kappa shape index (κ3) is 44.1. The molecule has 342 valence electrons. The van der Waals surface area contributed by atoms with Gasteiger partial charge in [0.05, 0.1) is 27.7 Å². The fourth-order valence-corrected chi connectivity index (χ4v) is 7.43. The second-order valence-electron chi connectivity index (χ2n) is 17.5. The minimum absolute atomic E-state index is 0.0320. The lowest BCUT2D eigenvalue weighted by molar-refractivity contribution is -0.870. The van der Waals surface area contributed by atoms with Gasteiger partial charge in [0.25, 0.3) is 0 Å². The predicted octanol–water partition coefficient (Wildman–Crippen LogP) is 13.9. The number of hydrogen-bond donors (Lipinski definition) is 1. The predicted molar refractivity (Wildman–Crippen MR) is 243 cm³/mol. The SMILES string of the molecule is CCCCC/C=C\C/C=C\CCCCCCCCCC(=O)OC(COC(=O)CCCCCCCCCCCCCCCCCCC)COP(=O)(O)OCC[N+](C)(C)C. The number of esters is 2. The standard InChI is InChI=1S/C48H92NO8P/c1-6-8-10-12-14-16-18-20-22-24-26-28-30-32-34-36-38-40-47(50)54-44-46(45-56-58(52,53)55-43-42-49(3,4)5)57-48(51)41-39-37-35-33-31-29-27-25-23-21-19-17-15-13-11-9-7-2/h15,17,21,23,46H,6-14,16,18-20,22,24-45H2,1-5H3/p+1/b17-15-,23-21-. The van der Waals surface area contributed by atoms with Crippen molar-refractivity contribution in [3.63, 3.8) is 0 Å². The Balaban J connectivity index is 4.29. The van der Waals surface area contributed by atoms with E-state index in [0.29, 0.717) is 23.9 Å². The Kier molecular flexibility index (Phi) is 39.8. The number of ether oxygens (including phenoxy) is 2. The number of nitrogens with zero attached hydrogens (tertiary/aromatic N) is 1. The third-order valence-electron chi connectivity index (χ3n) is 10.5. The summed E-state index contributed by atoms with van der Waals surface area (Å²) in [6.07, 6.45) is 45.0. The van der Waals surface area contributed by atoms with Crippen LogP contribution >= 0.6 is 7.82 Å². The van der Waals surface area contributed by atoms with Crippen molar-refractivity contribution in [2.75, 3.05) is 47.5 Å². The Morgan fingerprint density at radius 1 is 0.534 bits per heavy atom. The summed E-state index contributed by atoms with van der Waals surface area (Å²) in [4.78, 5) is 35.5. The van der Waals surface area contributed by atoms with E-state index in [1.165, 1.54) is 135 Å². The van der Waals surface area contributed by atoms with Crippen molar-refractivity contribution in [1.82, 2.24) is 0 Å². The second-order valence-corrected chi connectivity index (χ2v) is 19.0. The number of quaternary nitrogens is 1. The quantitative estimate of drug-likeness (QED) is 0.0212. The molecule has 0 amide bonds. The molecule has 0 rings (SSSR count). The van der Waals surface area contributed by atoms with E-state index in [4.69, 9.17) is 18.5 Å². The van der Waals surface area contributed by atoms with Crippen molar-refractivity contribution < 1.29 is 42.1 Å². The zero-order valence-electron chi connectivity index (χ0n) is 38.5. The van der Waals surface area contributed by atoms with E-state index in [1.54, 1.807) is 0 Å². The van der Waals surface area contributed by atoms with E-state index in [2.05, 4.69) is 38.2 Å². The van der Waals surface area contributed by atoms with Crippen LogP contribution in [-0.2, 0) is 32.7 Å². The smallest absolute Gasteiger partial charge is 0.462 e. The molecule has 0 aromatic carbocycles. The van der Waals surface area contributed by atoms with Crippen LogP contribution in [0.5, 0.6) is 0 Å². The molecule has 2 atom stereocenters. The van der Waals surface area contributed by atoms with Crippen LogP contribution in [0.1, 0.15) is 219 Å². The van der Waals surface area contributed by atoms with Crippen molar-refractivity contribution in [2.24, 2.45) is 0 Å². The normalized spacial score (nSPS) is 13.7. The molecule has 0 bridgehead atoms. The van der Waals surface area contributed by atoms with E-state index in [-0.39, 0.29) is 25.6 Å². The lowest BCUT2D eigenvalue weighted by Gasteiger charge is -2.24. The highest BCUT2D eigenvalue weighted by atomic mass is 31.2. The molecular formula is C48H93NO8P+. The minimum Gasteiger partial charge on any atom is -0.462 e. The van der Waals surface area contributed by atoms with Crippen molar-refractivity contribution in [3.05, 3.63) is 24.3 Å². The number of carbonyl (C=O) groups excluding carboxylic acids is 2. The van der Waals surface area contributed by atoms with Gasteiger partial charge < -0.3 is 18.9 Å².